The van der Waals surface area contributed by atoms with E-state index in [0.29, 0.717) is 38.7 Å². The highest BCUT2D eigenvalue weighted by Gasteiger charge is 2.55. The van der Waals surface area contributed by atoms with Crippen LogP contribution in [0.2, 0.25) is 0 Å². The van der Waals surface area contributed by atoms with Gasteiger partial charge in [-0.3, -0.25) is 0 Å². The maximum Gasteiger partial charge on any atom is 0.220 e. The third-order valence-electron chi connectivity index (χ3n) is 10.2. The standard InChI is InChI=1S/C35H70O16/c1-9-13-34(47-17-16-37,22-48-31(4,5)33(21-40,46-10-2)14-11-12-15-36)32(6,7)49-23-35(45-8,26(41)18-24(3)19-38)51-30-29(44)28(43)27(42)25(20-39)50-30/h24-30,36-44H,9-23H2,1-8H3/t24?,25?,26-,27?,28?,29?,30?,33?,34+,35?/m1/s1. The molecule has 51 heavy (non-hydrogen) atoms. The molecule has 16 nitrogen and oxygen atoms in total. The first-order valence-electron chi connectivity index (χ1n) is 18.1. The summed E-state index contributed by atoms with van der Waals surface area (Å²) < 4.78 is 43.1. The number of unbranched alkanes of at least 4 members (excludes halogenated alkanes) is 1. The Hall–Kier alpha value is -0.640. The SMILES string of the molecule is CCC[C@@](COC(C)(C)C(CO)(CCCCO)OCC)(OCCO)C(C)(C)OCC(OC)(OC1OC(CO)C(O)C(O)C1O)[C@H](O)CC(C)CO. The van der Waals surface area contributed by atoms with Crippen LogP contribution in [0.1, 0.15) is 87.0 Å². The van der Waals surface area contributed by atoms with Gasteiger partial charge in [0.1, 0.15) is 48.3 Å². The molecule has 0 bridgehead atoms. The minimum Gasteiger partial charge on any atom is -0.396 e. The Bertz CT molecular complexity index is 939. The van der Waals surface area contributed by atoms with Crippen LogP contribution < -0.4 is 0 Å². The molecule has 0 aromatic heterocycles. The summed E-state index contributed by atoms with van der Waals surface area (Å²) in [6, 6.07) is 0. The van der Waals surface area contributed by atoms with E-state index in [0.717, 1.165) is 0 Å². The van der Waals surface area contributed by atoms with Crippen molar-refractivity contribution in [3.63, 3.8) is 0 Å². The summed E-state index contributed by atoms with van der Waals surface area (Å²) >= 11 is 0. The van der Waals surface area contributed by atoms with E-state index in [4.69, 9.17) is 33.2 Å². The van der Waals surface area contributed by atoms with E-state index in [1.807, 2.05) is 13.8 Å². The quantitative estimate of drug-likeness (QED) is 0.0365. The van der Waals surface area contributed by atoms with Crippen LogP contribution in [0.5, 0.6) is 0 Å². The second-order valence-electron chi connectivity index (χ2n) is 14.6. The average molecular weight is 747 g/mol. The van der Waals surface area contributed by atoms with Gasteiger partial charge in [0.15, 0.2) is 6.29 Å². The molecule has 0 radical (unpaired) electrons. The molecule has 0 aromatic carbocycles. The molecule has 0 amide bonds. The first-order chi connectivity index (χ1) is 23.9. The van der Waals surface area contributed by atoms with Crippen LogP contribution in [-0.2, 0) is 33.2 Å². The highest BCUT2D eigenvalue weighted by molar-refractivity contribution is 5.02. The fraction of sp³-hybridized carbons (Fsp3) is 1.00. The fourth-order valence-corrected chi connectivity index (χ4v) is 6.43. The summed E-state index contributed by atoms with van der Waals surface area (Å²) in [5.41, 5.74) is -4.80. The molecular weight excluding hydrogens is 676 g/mol. The van der Waals surface area contributed by atoms with Crippen LogP contribution in [0.15, 0.2) is 0 Å². The largest absolute Gasteiger partial charge is 0.396 e. The van der Waals surface area contributed by atoms with Gasteiger partial charge < -0.3 is 79.1 Å². The smallest absolute Gasteiger partial charge is 0.220 e. The average Bonchev–Trinajstić information content (AvgIpc) is 3.10. The maximum atomic E-state index is 11.5. The molecule has 1 heterocycles. The summed E-state index contributed by atoms with van der Waals surface area (Å²) in [6.07, 6.45) is -7.35. The lowest BCUT2D eigenvalue weighted by atomic mass is 9.79. The van der Waals surface area contributed by atoms with Gasteiger partial charge in [-0.05, 0) is 72.6 Å². The van der Waals surface area contributed by atoms with E-state index in [1.54, 1.807) is 34.6 Å². The van der Waals surface area contributed by atoms with Crippen molar-refractivity contribution < 1.29 is 79.1 Å². The third kappa shape index (κ3) is 12.2. The Morgan fingerprint density at radius 1 is 0.745 bits per heavy atom. The van der Waals surface area contributed by atoms with Gasteiger partial charge in [-0.1, -0.05) is 20.3 Å². The summed E-state index contributed by atoms with van der Waals surface area (Å²) in [7, 11) is 1.24. The molecule has 9 N–H and O–H groups in total. The van der Waals surface area contributed by atoms with Gasteiger partial charge in [-0.15, -0.1) is 0 Å². The summed E-state index contributed by atoms with van der Waals surface area (Å²) in [5.74, 6) is -2.53. The van der Waals surface area contributed by atoms with Crippen molar-refractivity contribution in [3.8, 4) is 0 Å². The predicted molar refractivity (Wildman–Crippen MR) is 185 cm³/mol. The van der Waals surface area contributed by atoms with Gasteiger partial charge >= 0.3 is 0 Å². The lowest BCUT2D eigenvalue weighted by molar-refractivity contribution is -0.398. The maximum absolute atomic E-state index is 11.5. The van der Waals surface area contributed by atoms with Gasteiger partial charge in [0.25, 0.3) is 0 Å². The van der Waals surface area contributed by atoms with Crippen LogP contribution in [0.4, 0.5) is 0 Å². The highest BCUT2D eigenvalue weighted by atomic mass is 16.8. The molecule has 0 aromatic rings. The number of rotatable bonds is 28. The van der Waals surface area contributed by atoms with E-state index in [-0.39, 0.29) is 46.1 Å². The molecule has 1 rings (SSSR count). The highest BCUT2D eigenvalue weighted by Crippen LogP contribution is 2.41. The molecule has 306 valence electrons. The second kappa shape index (κ2) is 22.0. The summed E-state index contributed by atoms with van der Waals surface area (Å²) in [4.78, 5) is 0. The zero-order chi connectivity index (χ0) is 39.1. The molecule has 1 aliphatic rings. The van der Waals surface area contributed by atoms with Crippen molar-refractivity contribution in [2.75, 3.05) is 66.6 Å². The van der Waals surface area contributed by atoms with Crippen LogP contribution in [0.25, 0.3) is 0 Å². The number of ether oxygens (including phenoxy) is 7. The van der Waals surface area contributed by atoms with Crippen LogP contribution in [0, 0.1) is 5.92 Å². The lowest BCUT2D eigenvalue weighted by Crippen LogP contribution is -2.65. The van der Waals surface area contributed by atoms with E-state index >= 15 is 0 Å². The minimum atomic E-state index is -2.10. The zero-order valence-corrected chi connectivity index (χ0v) is 32.0. The first kappa shape index (κ1) is 48.4. The minimum absolute atomic E-state index is 0.00820. The molecule has 1 aliphatic heterocycles. The molecule has 16 heteroatoms. The van der Waals surface area contributed by atoms with E-state index in [1.165, 1.54) is 7.11 Å². The molecule has 1 saturated heterocycles. The van der Waals surface area contributed by atoms with E-state index in [9.17, 15) is 46.0 Å². The van der Waals surface area contributed by atoms with Crippen molar-refractivity contribution in [1.82, 2.24) is 0 Å². The van der Waals surface area contributed by atoms with E-state index < -0.39 is 84.1 Å². The molecule has 0 aliphatic carbocycles. The van der Waals surface area contributed by atoms with Crippen LogP contribution >= 0.6 is 0 Å². The van der Waals surface area contributed by atoms with Crippen molar-refractivity contribution in [1.29, 1.82) is 0 Å². The fourth-order valence-electron chi connectivity index (χ4n) is 6.43. The Labute approximate surface area is 303 Å². The second-order valence-corrected chi connectivity index (χ2v) is 14.6. The molecule has 0 saturated carbocycles. The van der Waals surface area contributed by atoms with E-state index in [2.05, 4.69) is 0 Å². The normalized spacial score (nSPS) is 26.6. The first-order valence-corrected chi connectivity index (χ1v) is 18.1. The van der Waals surface area contributed by atoms with Crippen molar-refractivity contribution in [2.45, 2.75) is 152 Å². The summed E-state index contributed by atoms with van der Waals surface area (Å²) in [5, 5.41) is 92.4. The Balaban J connectivity index is 3.62. The lowest BCUT2D eigenvalue weighted by Gasteiger charge is -2.51. The molecular formula is C35H70O16. The third-order valence-corrected chi connectivity index (χ3v) is 10.2. The van der Waals surface area contributed by atoms with Crippen molar-refractivity contribution in [3.05, 3.63) is 0 Å². The number of aliphatic hydroxyl groups is 9. The van der Waals surface area contributed by atoms with Crippen molar-refractivity contribution >= 4 is 0 Å². The zero-order valence-electron chi connectivity index (χ0n) is 32.0. The predicted octanol–water partition coefficient (Wildman–Crippen LogP) is -0.407. The molecule has 8 unspecified atom stereocenters. The van der Waals surface area contributed by atoms with Gasteiger partial charge in [-0.2, -0.15) is 0 Å². The topological polar surface area (TPSA) is 247 Å². The Morgan fingerprint density at radius 2 is 1.37 bits per heavy atom. The monoisotopic (exact) mass is 746 g/mol. The molecule has 1 fully saturated rings. The Morgan fingerprint density at radius 3 is 1.88 bits per heavy atom. The summed E-state index contributed by atoms with van der Waals surface area (Å²) in [6.45, 7) is 10.4. The van der Waals surface area contributed by atoms with Crippen LogP contribution in [-0.4, -0.2) is 178 Å². The van der Waals surface area contributed by atoms with Gasteiger partial charge in [0.2, 0.25) is 5.79 Å². The van der Waals surface area contributed by atoms with Crippen LogP contribution in [0.3, 0.4) is 0 Å². The van der Waals surface area contributed by atoms with Gasteiger partial charge in [0.05, 0.1) is 44.2 Å². The number of hydrogen-bond acceptors (Lipinski definition) is 16. The van der Waals surface area contributed by atoms with Gasteiger partial charge in [-0.25, -0.2) is 0 Å². The van der Waals surface area contributed by atoms with Gasteiger partial charge in [0, 0.05) is 26.9 Å². The molecule has 10 atom stereocenters. The molecule has 0 spiro atoms. The van der Waals surface area contributed by atoms with Crippen molar-refractivity contribution in [2.24, 2.45) is 5.92 Å². The Kier molecular flexibility index (Phi) is 20.9. The number of hydrogen-bond donors (Lipinski definition) is 9. The number of aliphatic hydroxyl groups excluding tert-OH is 9. The number of methoxy groups -OCH3 is 1.